The Hall–Kier alpha value is -2.60. The van der Waals surface area contributed by atoms with Crippen LogP contribution in [0.1, 0.15) is 59.1 Å². The van der Waals surface area contributed by atoms with Gasteiger partial charge in [-0.15, -0.1) is 0 Å². The van der Waals surface area contributed by atoms with Gasteiger partial charge in [-0.25, -0.2) is 0 Å². The van der Waals surface area contributed by atoms with Crippen molar-refractivity contribution in [2.45, 2.75) is 54.4 Å². The molecule has 0 heteroatoms. The maximum absolute atomic E-state index is 2.27. The Morgan fingerprint density at radius 3 is 1.61 bits per heavy atom. The fourth-order valence-corrected chi connectivity index (χ4v) is 3.81. The quantitative estimate of drug-likeness (QED) is 0.238. The van der Waals surface area contributed by atoms with Gasteiger partial charge >= 0.3 is 0 Å². The number of hydrogen-bond acceptors (Lipinski definition) is 0. The van der Waals surface area contributed by atoms with Crippen LogP contribution in [-0.4, -0.2) is 0 Å². The molecule has 0 unspecified atom stereocenters. The average Bonchev–Trinajstić information content (AvgIpc) is 3.10. The van der Waals surface area contributed by atoms with Crippen LogP contribution >= 0.6 is 0 Å². The molecule has 0 aromatic heterocycles. The standard InChI is InChI=1S/C21H14.2C3H8.CH4/c1-2-8-15-14(7-1)13-20-18-11-4-3-9-16(18)17-10-5-6-12-19(17)21(15)20;2*1-3-2;/h1-12H,13H2;2*3H2,1-2H3;1H4. The van der Waals surface area contributed by atoms with Gasteiger partial charge in [0.15, 0.2) is 0 Å². The van der Waals surface area contributed by atoms with E-state index in [0.29, 0.717) is 0 Å². The zero-order valence-electron chi connectivity index (χ0n) is 17.0. The van der Waals surface area contributed by atoms with E-state index < -0.39 is 0 Å². The van der Waals surface area contributed by atoms with Gasteiger partial charge in [0, 0.05) is 0 Å². The summed E-state index contributed by atoms with van der Waals surface area (Å²) in [4.78, 5) is 0. The van der Waals surface area contributed by atoms with Crippen LogP contribution in [0.3, 0.4) is 0 Å². The van der Waals surface area contributed by atoms with E-state index in [4.69, 9.17) is 0 Å². The van der Waals surface area contributed by atoms with E-state index in [9.17, 15) is 0 Å². The van der Waals surface area contributed by atoms with Gasteiger partial charge < -0.3 is 0 Å². The van der Waals surface area contributed by atoms with Crippen molar-refractivity contribution in [2.75, 3.05) is 0 Å². The molecule has 0 spiro atoms. The van der Waals surface area contributed by atoms with Crippen LogP contribution in [-0.2, 0) is 6.42 Å². The summed E-state index contributed by atoms with van der Waals surface area (Å²) in [5.74, 6) is 0. The Balaban J connectivity index is 0.000000361. The molecule has 0 radical (unpaired) electrons. The lowest BCUT2D eigenvalue weighted by Crippen LogP contribution is -1.87. The third-order valence-corrected chi connectivity index (χ3v) is 4.69. The highest BCUT2D eigenvalue weighted by molar-refractivity contribution is 6.17. The fourth-order valence-electron chi connectivity index (χ4n) is 3.81. The van der Waals surface area contributed by atoms with Crippen molar-refractivity contribution in [1.29, 1.82) is 0 Å². The molecule has 0 amide bonds. The normalized spacial score (nSPS) is 10.7. The van der Waals surface area contributed by atoms with Crippen molar-refractivity contribution in [3.05, 3.63) is 83.9 Å². The zero-order chi connectivity index (χ0) is 19.2. The summed E-state index contributed by atoms with van der Waals surface area (Å²) < 4.78 is 0. The Bertz CT molecular complexity index is 1040. The van der Waals surface area contributed by atoms with Gasteiger partial charge in [0.1, 0.15) is 0 Å². The first kappa shape index (κ1) is 21.7. The molecule has 1 aliphatic carbocycles. The van der Waals surface area contributed by atoms with Crippen LogP contribution in [0.5, 0.6) is 0 Å². The van der Waals surface area contributed by atoms with E-state index >= 15 is 0 Å². The second kappa shape index (κ2) is 10.1. The van der Waals surface area contributed by atoms with Gasteiger partial charge in [0.05, 0.1) is 0 Å². The van der Waals surface area contributed by atoms with Crippen LogP contribution in [0.2, 0.25) is 0 Å². The lowest BCUT2D eigenvalue weighted by atomic mass is 9.92. The SMILES string of the molecule is C.CCC.CCC.c1ccc2c(c1)Cc1c-2c2ccccc2c2ccccc12. The Morgan fingerprint density at radius 2 is 1.00 bits per heavy atom. The largest absolute Gasteiger partial charge is 0.0776 e. The summed E-state index contributed by atoms with van der Waals surface area (Å²) in [5, 5.41) is 5.53. The number of benzene rings is 4. The summed E-state index contributed by atoms with van der Waals surface area (Å²) in [6.07, 6.45) is 3.55. The summed E-state index contributed by atoms with van der Waals surface area (Å²) in [5.41, 5.74) is 5.80. The molecule has 0 aliphatic heterocycles. The topological polar surface area (TPSA) is 0 Å². The number of rotatable bonds is 0. The van der Waals surface area contributed by atoms with Crippen molar-refractivity contribution in [1.82, 2.24) is 0 Å². The second-order valence-electron chi connectivity index (χ2n) is 7.19. The van der Waals surface area contributed by atoms with Gasteiger partial charge in [-0.3, -0.25) is 0 Å². The van der Waals surface area contributed by atoms with E-state index in [-0.39, 0.29) is 7.43 Å². The van der Waals surface area contributed by atoms with Crippen LogP contribution in [0.25, 0.3) is 32.7 Å². The minimum atomic E-state index is 0. The third kappa shape index (κ3) is 3.97. The highest BCUT2D eigenvalue weighted by Gasteiger charge is 2.23. The molecule has 0 fully saturated rings. The molecule has 0 saturated heterocycles. The molecule has 0 bridgehead atoms. The average molecular weight is 371 g/mol. The number of hydrogen-bond donors (Lipinski definition) is 0. The summed E-state index contributed by atoms with van der Waals surface area (Å²) >= 11 is 0. The molecular weight excluding hydrogens is 336 g/mol. The Morgan fingerprint density at radius 1 is 0.571 bits per heavy atom. The van der Waals surface area contributed by atoms with Crippen molar-refractivity contribution in [2.24, 2.45) is 0 Å². The highest BCUT2D eigenvalue weighted by atomic mass is 14.3. The fraction of sp³-hybridized carbons (Fsp3) is 0.286. The molecule has 1 aliphatic rings. The molecule has 0 N–H and O–H groups in total. The highest BCUT2D eigenvalue weighted by Crippen LogP contribution is 2.45. The summed E-state index contributed by atoms with van der Waals surface area (Å²) in [6.45, 7) is 8.50. The monoisotopic (exact) mass is 370 g/mol. The minimum Gasteiger partial charge on any atom is -0.0776 e. The lowest BCUT2D eigenvalue weighted by Gasteiger charge is -2.12. The molecule has 0 atom stereocenters. The smallest absolute Gasteiger partial charge is 0.000705 e. The predicted molar refractivity (Wildman–Crippen MR) is 128 cm³/mol. The maximum Gasteiger partial charge on any atom is -0.000705 e. The molecule has 4 aromatic rings. The van der Waals surface area contributed by atoms with E-state index in [1.807, 2.05) is 0 Å². The van der Waals surface area contributed by atoms with E-state index in [2.05, 4.69) is 100 Å². The van der Waals surface area contributed by atoms with Crippen LogP contribution < -0.4 is 0 Å². The molecular formula is C28H34. The summed E-state index contributed by atoms with van der Waals surface area (Å²) in [6, 6.07) is 26.5. The molecule has 0 saturated carbocycles. The third-order valence-electron chi connectivity index (χ3n) is 4.69. The van der Waals surface area contributed by atoms with Crippen molar-refractivity contribution >= 4 is 21.5 Å². The first-order valence-corrected chi connectivity index (χ1v) is 10.3. The lowest BCUT2D eigenvalue weighted by molar-refractivity contribution is 1.09. The van der Waals surface area contributed by atoms with E-state index in [1.165, 1.54) is 56.6 Å². The first-order chi connectivity index (χ1) is 13.3. The first-order valence-electron chi connectivity index (χ1n) is 10.3. The molecule has 0 heterocycles. The van der Waals surface area contributed by atoms with Crippen molar-refractivity contribution < 1.29 is 0 Å². The molecule has 146 valence electrons. The predicted octanol–water partition coefficient (Wildman–Crippen LogP) is 9.03. The van der Waals surface area contributed by atoms with Gasteiger partial charge in [0.25, 0.3) is 0 Å². The van der Waals surface area contributed by atoms with Crippen LogP contribution in [0.15, 0.2) is 72.8 Å². The Kier molecular flexibility index (Phi) is 7.81. The summed E-state index contributed by atoms with van der Waals surface area (Å²) in [7, 11) is 0. The van der Waals surface area contributed by atoms with Crippen molar-refractivity contribution in [3.8, 4) is 11.1 Å². The van der Waals surface area contributed by atoms with Gasteiger partial charge in [-0.05, 0) is 50.2 Å². The molecule has 0 nitrogen and oxygen atoms in total. The van der Waals surface area contributed by atoms with Crippen LogP contribution in [0.4, 0.5) is 0 Å². The minimum absolute atomic E-state index is 0. The van der Waals surface area contributed by atoms with Gasteiger partial charge in [0.2, 0.25) is 0 Å². The molecule has 5 rings (SSSR count). The van der Waals surface area contributed by atoms with Gasteiger partial charge in [-0.1, -0.05) is 121 Å². The Labute approximate surface area is 171 Å². The zero-order valence-corrected chi connectivity index (χ0v) is 17.0. The number of fused-ring (bicyclic) bond motifs is 8. The van der Waals surface area contributed by atoms with Crippen molar-refractivity contribution in [3.63, 3.8) is 0 Å². The van der Waals surface area contributed by atoms with Gasteiger partial charge in [-0.2, -0.15) is 0 Å². The van der Waals surface area contributed by atoms with E-state index in [1.54, 1.807) is 0 Å². The molecule has 28 heavy (non-hydrogen) atoms. The van der Waals surface area contributed by atoms with Crippen LogP contribution in [0, 0.1) is 0 Å². The maximum atomic E-state index is 2.27. The molecule has 4 aromatic carbocycles. The van der Waals surface area contributed by atoms with E-state index in [0.717, 1.165) is 6.42 Å². The second-order valence-corrected chi connectivity index (χ2v) is 7.19.